The average molecular weight is 278 g/mol. The SMILES string of the molecule is CC(NCCCCc1ncc[nH]1)c1ccc(Cl)cc1. The number of halogens is 1. The summed E-state index contributed by atoms with van der Waals surface area (Å²) in [5.41, 5.74) is 1.27. The van der Waals surface area contributed by atoms with E-state index in [0.717, 1.165) is 36.7 Å². The van der Waals surface area contributed by atoms with E-state index < -0.39 is 0 Å². The van der Waals surface area contributed by atoms with Gasteiger partial charge < -0.3 is 10.3 Å². The van der Waals surface area contributed by atoms with E-state index in [1.54, 1.807) is 6.20 Å². The molecule has 2 aromatic rings. The van der Waals surface area contributed by atoms with Crippen molar-refractivity contribution in [2.24, 2.45) is 0 Å². The number of nitrogens with one attached hydrogen (secondary N) is 2. The lowest BCUT2D eigenvalue weighted by molar-refractivity contribution is 0.544. The number of nitrogens with zero attached hydrogens (tertiary/aromatic N) is 1. The van der Waals surface area contributed by atoms with Crippen LogP contribution in [0.25, 0.3) is 0 Å². The van der Waals surface area contributed by atoms with Gasteiger partial charge in [-0.15, -0.1) is 0 Å². The van der Waals surface area contributed by atoms with Crippen LogP contribution in [0.4, 0.5) is 0 Å². The van der Waals surface area contributed by atoms with E-state index >= 15 is 0 Å². The molecule has 0 spiro atoms. The number of hydrogen-bond acceptors (Lipinski definition) is 2. The Morgan fingerprint density at radius 1 is 1.26 bits per heavy atom. The van der Waals surface area contributed by atoms with E-state index in [9.17, 15) is 0 Å². The maximum absolute atomic E-state index is 5.88. The second-order valence-corrected chi connectivity index (χ2v) is 5.16. The number of benzene rings is 1. The molecule has 19 heavy (non-hydrogen) atoms. The Morgan fingerprint density at radius 3 is 2.74 bits per heavy atom. The molecular weight excluding hydrogens is 258 g/mol. The Hall–Kier alpha value is -1.32. The van der Waals surface area contributed by atoms with Crippen LogP contribution in [0.5, 0.6) is 0 Å². The largest absolute Gasteiger partial charge is 0.349 e. The van der Waals surface area contributed by atoms with E-state index in [4.69, 9.17) is 11.6 Å². The van der Waals surface area contributed by atoms with Crippen molar-refractivity contribution >= 4 is 11.6 Å². The quantitative estimate of drug-likeness (QED) is 0.757. The Labute approximate surface area is 119 Å². The van der Waals surface area contributed by atoms with Gasteiger partial charge in [0.15, 0.2) is 0 Å². The van der Waals surface area contributed by atoms with Crippen LogP contribution in [0.15, 0.2) is 36.7 Å². The number of rotatable bonds is 7. The highest BCUT2D eigenvalue weighted by molar-refractivity contribution is 6.30. The second-order valence-electron chi connectivity index (χ2n) is 4.72. The average Bonchev–Trinajstić information content (AvgIpc) is 2.92. The first-order valence-corrected chi connectivity index (χ1v) is 7.10. The first-order valence-electron chi connectivity index (χ1n) is 6.73. The molecule has 1 aromatic carbocycles. The minimum atomic E-state index is 0.362. The molecule has 0 aliphatic rings. The van der Waals surface area contributed by atoms with Gasteiger partial charge in [0.1, 0.15) is 5.82 Å². The van der Waals surface area contributed by atoms with Crippen molar-refractivity contribution in [3.05, 3.63) is 53.1 Å². The summed E-state index contributed by atoms with van der Waals surface area (Å²) in [6, 6.07) is 8.38. The summed E-state index contributed by atoms with van der Waals surface area (Å²) in [7, 11) is 0. The fourth-order valence-corrected chi connectivity index (χ4v) is 2.17. The summed E-state index contributed by atoms with van der Waals surface area (Å²) in [6.45, 7) is 3.19. The number of H-pyrrole nitrogens is 1. The molecule has 0 saturated carbocycles. The van der Waals surface area contributed by atoms with Gasteiger partial charge >= 0.3 is 0 Å². The molecule has 4 heteroatoms. The van der Waals surface area contributed by atoms with Crippen molar-refractivity contribution < 1.29 is 0 Å². The molecule has 0 radical (unpaired) electrons. The zero-order valence-corrected chi connectivity index (χ0v) is 12.0. The standard InChI is InChI=1S/C15H20ClN3/c1-12(13-5-7-14(16)8-6-13)17-9-3-2-4-15-18-10-11-19-15/h5-8,10-12,17H,2-4,9H2,1H3,(H,18,19). The fourth-order valence-electron chi connectivity index (χ4n) is 2.04. The fraction of sp³-hybridized carbons (Fsp3) is 0.400. The number of hydrogen-bond donors (Lipinski definition) is 2. The lowest BCUT2D eigenvalue weighted by atomic mass is 10.1. The lowest BCUT2D eigenvalue weighted by Crippen LogP contribution is -2.19. The van der Waals surface area contributed by atoms with Crippen molar-refractivity contribution in [1.29, 1.82) is 0 Å². The minimum absolute atomic E-state index is 0.362. The van der Waals surface area contributed by atoms with Crippen LogP contribution in [0.2, 0.25) is 5.02 Å². The highest BCUT2D eigenvalue weighted by atomic mass is 35.5. The van der Waals surface area contributed by atoms with E-state index in [-0.39, 0.29) is 0 Å². The van der Waals surface area contributed by atoms with Crippen molar-refractivity contribution in [3.8, 4) is 0 Å². The molecule has 0 fully saturated rings. The highest BCUT2D eigenvalue weighted by Gasteiger charge is 2.03. The summed E-state index contributed by atoms with van der Waals surface area (Å²) in [5, 5.41) is 4.31. The molecule has 2 rings (SSSR count). The summed E-state index contributed by atoms with van der Waals surface area (Å²) in [4.78, 5) is 7.34. The smallest absolute Gasteiger partial charge is 0.105 e. The molecule has 1 unspecified atom stereocenters. The van der Waals surface area contributed by atoms with Crippen molar-refractivity contribution in [1.82, 2.24) is 15.3 Å². The van der Waals surface area contributed by atoms with Crippen molar-refractivity contribution in [2.45, 2.75) is 32.2 Å². The van der Waals surface area contributed by atoms with Crippen LogP contribution in [-0.4, -0.2) is 16.5 Å². The maximum atomic E-state index is 5.88. The van der Waals surface area contributed by atoms with E-state index in [1.165, 1.54) is 5.56 Å². The number of aromatic amines is 1. The first kappa shape index (κ1) is 14.1. The molecule has 0 aliphatic heterocycles. The summed E-state index contributed by atoms with van der Waals surface area (Å²) in [5.74, 6) is 1.07. The molecule has 3 nitrogen and oxygen atoms in total. The van der Waals surface area contributed by atoms with E-state index in [1.807, 2.05) is 18.3 Å². The van der Waals surface area contributed by atoms with Gasteiger partial charge in [-0.3, -0.25) is 0 Å². The van der Waals surface area contributed by atoms with Crippen molar-refractivity contribution in [3.63, 3.8) is 0 Å². The lowest BCUT2D eigenvalue weighted by Gasteiger charge is -2.14. The predicted octanol–water partition coefficient (Wildman–Crippen LogP) is 3.74. The Morgan fingerprint density at radius 2 is 2.05 bits per heavy atom. The topological polar surface area (TPSA) is 40.7 Å². The van der Waals surface area contributed by atoms with Gasteiger partial charge in [-0.1, -0.05) is 23.7 Å². The molecule has 0 saturated heterocycles. The zero-order valence-electron chi connectivity index (χ0n) is 11.2. The molecule has 1 atom stereocenters. The van der Waals surface area contributed by atoms with Gasteiger partial charge in [-0.2, -0.15) is 0 Å². The van der Waals surface area contributed by atoms with Crippen LogP contribution in [0.1, 0.15) is 37.2 Å². The van der Waals surface area contributed by atoms with Crippen LogP contribution in [0.3, 0.4) is 0 Å². The zero-order chi connectivity index (χ0) is 13.5. The van der Waals surface area contributed by atoms with Gasteiger partial charge in [-0.05, 0) is 44.0 Å². The summed E-state index contributed by atoms with van der Waals surface area (Å²) in [6.07, 6.45) is 6.99. The Kier molecular flexibility index (Phi) is 5.43. The molecule has 1 aromatic heterocycles. The molecular formula is C15H20ClN3. The number of unbranched alkanes of at least 4 members (excludes halogenated alkanes) is 1. The molecule has 0 aliphatic carbocycles. The van der Waals surface area contributed by atoms with Gasteiger partial charge in [0.05, 0.1) is 0 Å². The van der Waals surface area contributed by atoms with Gasteiger partial charge in [-0.25, -0.2) is 4.98 Å². The third-order valence-electron chi connectivity index (χ3n) is 3.22. The number of imidazole rings is 1. The van der Waals surface area contributed by atoms with Gasteiger partial charge in [0, 0.05) is 29.9 Å². The van der Waals surface area contributed by atoms with Crippen LogP contribution in [-0.2, 0) is 6.42 Å². The van der Waals surface area contributed by atoms with E-state index in [2.05, 4.69) is 34.3 Å². The van der Waals surface area contributed by atoms with E-state index in [0.29, 0.717) is 6.04 Å². The molecule has 1 heterocycles. The summed E-state index contributed by atoms with van der Waals surface area (Å²) >= 11 is 5.88. The maximum Gasteiger partial charge on any atom is 0.105 e. The van der Waals surface area contributed by atoms with Crippen molar-refractivity contribution in [2.75, 3.05) is 6.54 Å². The van der Waals surface area contributed by atoms with Crippen LogP contribution in [0, 0.1) is 0 Å². The third-order valence-corrected chi connectivity index (χ3v) is 3.47. The van der Waals surface area contributed by atoms with Gasteiger partial charge in [0.25, 0.3) is 0 Å². The first-order chi connectivity index (χ1) is 9.25. The number of aromatic nitrogens is 2. The monoisotopic (exact) mass is 277 g/mol. The third kappa shape index (κ3) is 4.69. The normalized spacial score (nSPS) is 12.5. The highest BCUT2D eigenvalue weighted by Crippen LogP contribution is 2.15. The van der Waals surface area contributed by atoms with Crippen LogP contribution >= 0.6 is 11.6 Å². The number of aryl methyl sites for hydroxylation is 1. The molecule has 0 bridgehead atoms. The molecule has 2 N–H and O–H groups in total. The van der Waals surface area contributed by atoms with Gasteiger partial charge in [0.2, 0.25) is 0 Å². The Bertz CT molecular complexity index is 465. The summed E-state index contributed by atoms with van der Waals surface area (Å²) < 4.78 is 0. The van der Waals surface area contributed by atoms with Crippen LogP contribution < -0.4 is 5.32 Å². The minimum Gasteiger partial charge on any atom is -0.349 e. The Balaban J connectivity index is 1.63. The molecule has 0 amide bonds. The predicted molar refractivity (Wildman–Crippen MR) is 79.4 cm³/mol. The second kappa shape index (κ2) is 7.31. The molecule has 102 valence electrons.